The molecule has 3 heteroatoms. The van der Waals surface area contributed by atoms with Gasteiger partial charge < -0.3 is 5.73 Å². The fraction of sp³-hybridized carbons (Fsp3) is 0.857. The number of rotatable bonds is 1. The average Bonchev–Trinajstić information content (AvgIpc) is 1.96. The summed E-state index contributed by atoms with van der Waals surface area (Å²) in [6.45, 7) is 0. The van der Waals surface area contributed by atoms with Gasteiger partial charge in [0, 0.05) is 6.04 Å². The van der Waals surface area contributed by atoms with Gasteiger partial charge in [0.15, 0.2) is 12.0 Å². The van der Waals surface area contributed by atoms with E-state index in [1.807, 2.05) is 0 Å². The maximum Gasteiger partial charge on any atom is 0.165 e. The minimum atomic E-state index is -1.56. The molecule has 2 nitrogen and oxygen atoms in total. The number of carbonyl (C=O) groups excluding carboxylic acids is 1. The predicted molar refractivity (Wildman–Crippen MR) is 36.3 cm³/mol. The van der Waals surface area contributed by atoms with E-state index in [0.29, 0.717) is 32.0 Å². The van der Waals surface area contributed by atoms with Crippen molar-refractivity contribution in [2.75, 3.05) is 0 Å². The first-order valence-corrected chi connectivity index (χ1v) is 3.57. The van der Waals surface area contributed by atoms with Crippen molar-refractivity contribution in [1.29, 1.82) is 0 Å². The van der Waals surface area contributed by atoms with Crippen molar-refractivity contribution in [3.8, 4) is 0 Å². The lowest BCUT2D eigenvalue weighted by Gasteiger charge is -2.27. The van der Waals surface area contributed by atoms with Crippen molar-refractivity contribution in [3.05, 3.63) is 0 Å². The van der Waals surface area contributed by atoms with Crippen LogP contribution in [0.25, 0.3) is 0 Å². The third-order valence-corrected chi connectivity index (χ3v) is 2.07. The largest absolute Gasteiger partial charge is 0.328 e. The summed E-state index contributed by atoms with van der Waals surface area (Å²) in [6.07, 6.45) is 2.29. The van der Waals surface area contributed by atoms with Crippen molar-refractivity contribution in [2.24, 2.45) is 5.73 Å². The maximum atomic E-state index is 13.1. The van der Waals surface area contributed by atoms with Crippen molar-refractivity contribution in [2.45, 2.75) is 37.4 Å². The first-order chi connectivity index (χ1) is 4.66. The Kier molecular flexibility index (Phi) is 2.04. The molecule has 0 amide bonds. The molecule has 0 saturated heterocycles. The molecule has 0 spiro atoms. The fourth-order valence-electron chi connectivity index (χ4n) is 1.24. The van der Waals surface area contributed by atoms with Gasteiger partial charge in [-0.05, 0) is 25.7 Å². The topological polar surface area (TPSA) is 43.1 Å². The van der Waals surface area contributed by atoms with Crippen LogP contribution in [-0.4, -0.2) is 18.0 Å². The van der Waals surface area contributed by atoms with E-state index >= 15 is 0 Å². The molecule has 1 aliphatic carbocycles. The second-order valence-electron chi connectivity index (χ2n) is 2.99. The Hall–Kier alpha value is -0.440. The highest BCUT2D eigenvalue weighted by atomic mass is 19.1. The van der Waals surface area contributed by atoms with Gasteiger partial charge in [-0.1, -0.05) is 0 Å². The molecule has 0 bridgehead atoms. The van der Waals surface area contributed by atoms with Gasteiger partial charge in [0.2, 0.25) is 0 Å². The monoisotopic (exact) mass is 145 g/mol. The van der Waals surface area contributed by atoms with Crippen LogP contribution in [0.3, 0.4) is 0 Å². The van der Waals surface area contributed by atoms with Crippen LogP contribution in [0.5, 0.6) is 0 Å². The van der Waals surface area contributed by atoms with Crippen LogP contribution in [0.2, 0.25) is 0 Å². The van der Waals surface area contributed by atoms with Gasteiger partial charge in [-0.25, -0.2) is 4.39 Å². The van der Waals surface area contributed by atoms with Gasteiger partial charge in [0.25, 0.3) is 0 Å². The number of alkyl halides is 1. The second-order valence-corrected chi connectivity index (χ2v) is 2.99. The van der Waals surface area contributed by atoms with Crippen molar-refractivity contribution in [1.82, 2.24) is 0 Å². The zero-order chi connectivity index (χ0) is 7.61. The molecule has 1 rings (SSSR count). The summed E-state index contributed by atoms with van der Waals surface area (Å²) in [5.74, 6) is 0. The van der Waals surface area contributed by atoms with Crippen LogP contribution in [0, 0.1) is 0 Å². The highest BCUT2D eigenvalue weighted by Gasteiger charge is 2.33. The van der Waals surface area contributed by atoms with Gasteiger partial charge in [-0.15, -0.1) is 0 Å². The molecule has 1 aliphatic rings. The third kappa shape index (κ3) is 1.53. The van der Waals surface area contributed by atoms with E-state index < -0.39 is 5.67 Å². The molecule has 1 saturated carbocycles. The molecule has 0 unspecified atom stereocenters. The van der Waals surface area contributed by atoms with E-state index in [4.69, 9.17) is 5.73 Å². The number of aldehydes is 1. The highest BCUT2D eigenvalue weighted by molar-refractivity contribution is 5.62. The van der Waals surface area contributed by atoms with Gasteiger partial charge in [0.1, 0.15) is 0 Å². The summed E-state index contributed by atoms with van der Waals surface area (Å²) in [6, 6.07) is 0.101. The first-order valence-electron chi connectivity index (χ1n) is 3.57. The van der Waals surface area contributed by atoms with Crippen molar-refractivity contribution in [3.63, 3.8) is 0 Å². The van der Waals surface area contributed by atoms with Crippen LogP contribution >= 0.6 is 0 Å². The maximum absolute atomic E-state index is 13.1. The van der Waals surface area contributed by atoms with E-state index in [9.17, 15) is 9.18 Å². The van der Waals surface area contributed by atoms with Crippen LogP contribution in [0.1, 0.15) is 25.7 Å². The molecule has 0 aromatic carbocycles. The molecule has 0 radical (unpaired) electrons. The molecule has 0 aromatic heterocycles. The molecule has 2 N–H and O–H groups in total. The van der Waals surface area contributed by atoms with Crippen LogP contribution in [0.15, 0.2) is 0 Å². The first kappa shape index (κ1) is 7.66. The Bertz CT molecular complexity index is 130. The Morgan fingerprint density at radius 3 is 2.40 bits per heavy atom. The van der Waals surface area contributed by atoms with E-state index in [-0.39, 0.29) is 6.04 Å². The summed E-state index contributed by atoms with van der Waals surface area (Å²) in [5, 5.41) is 0. The fourth-order valence-corrected chi connectivity index (χ4v) is 1.24. The quantitative estimate of drug-likeness (QED) is 0.554. The Labute approximate surface area is 59.6 Å². The van der Waals surface area contributed by atoms with Crippen molar-refractivity contribution >= 4 is 6.29 Å². The van der Waals surface area contributed by atoms with Gasteiger partial charge in [-0.2, -0.15) is 0 Å². The van der Waals surface area contributed by atoms with Crippen LogP contribution in [0.4, 0.5) is 4.39 Å². The van der Waals surface area contributed by atoms with Gasteiger partial charge in [0.05, 0.1) is 0 Å². The summed E-state index contributed by atoms with van der Waals surface area (Å²) in [4.78, 5) is 10.2. The second kappa shape index (κ2) is 2.66. The number of hydrogen-bond acceptors (Lipinski definition) is 2. The SMILES string of the molecule is NC1CCC(F)(C=O)CC1. The highest BCUT2D eigenvalue weighted by Crippen LogP contribution is 2.28. The van der Waals surface area contributed by atoms with Gasteiger partial charge >= 0.3 is 0 Å². The third-order valence-electron chi connectivity index (χ3n) is 2.07. The molecule has 1 fully saturated rings. The zero-order valence-corrected chi connectivity index (χ0v) is 5.85. The van der Waals surface area contributed by atoms with Gasteiger partial charge in [-0.3, -0.25) is 4.79 Å². The lowest BCUT2D eigenvalue weighted by molar-refractivity contribution is -0.119. The predicted octanol–water partition coefficient (Wildman–Crippen LogP) is 0.795. The number of carbonyl (C=O) groups is 1. The minimum absolute atomic E-state index is 0.101. The zero-order valence-electron chi connectivity index (χ0n) is 5.85. The normalized spacial score (nSPS) is 41.2. The van der Waals surface area contributed by atoms with Crippen LogP contribution in [-0.2, 0) is 4.79 Å². The summed E-state index contributed by atoms with van der Waals surface area (Å²) < 4.78 is 13.1. The average molecular weight is 145 g/mol. The molecule has 0 atom stereocenters. The Balaban J connectivity index is 2.46. The molecular weight excluding hydrogens is 133 g/mol. The Morgan fingerprint density at radius 2 is 2.00 bits per heavy atom. The summed E-state index contributed by atoms with van der Waals surface area (Å²) >= 11 is 0. The molecule has 58 valence electrons. The standard InChI is InChI=1S/C7H12FNO/c8-7(5-10)3-1-6(9)2-4-7/h5-6H,1-4,9H2. The molecule has 10 heavy (non-hydrogen) atoms. The van der Waals surface area contributed by atoms with E-state index in [1.54, 1.807) is 0 Å². The molecular formula is C7H12FNO. The summed E-state index contributed by atoms with van der Waals surface area (Å²) in [7, 11) is 0. The lowest BCUT2D eigenvalue weighted by atomic mass is 9.85. The van der Waals surface area contributed by atoms with Crippen molar-refractivity contribution < 1.29 is 9.18 Å². The molecule has 0 aliphatic heterocycles. The minimum Gasteiger partial charge on any atom is -0.328 e. The molecule has 0 heterocycles. The van der Waals surface area contributed by atoms with E-state index in [0.717, 1.165) is 0 Å². The van der Waals surface area contributed by atoms with Crippen LogP contribution < -0.4 is 5.73 Å². The molecule has 0 aromatic rings. The van der Waals surface area contributed by atoms with E-state index in [2.05, 4.69) is 0 Å². The Morgan fingerprint density at radius 1 is 1.50 bits per heavy atom. The lowest BCUT2D eigenvalue weighted by Crippen LogP contribution is -2.36. The number of halogens is 1. The smallest absolute Gasteiger partial charge is 0.165 e. The number of nitrogens with two attached hydrogens (primary N) is 1. The summed E-state index contributed by atoms with van der Waals surface area (Å²) in [5.41, 5.74) is 3.97. The number of hydrogen-bond donors (Lipinski definition) is 1. The van der Waals surface area contributed by atoms with E-state index in [1.165, 1.54) is 0 Å².